The van der Waals surface area contributed by atoms with Crippen LogP contribution in [0, 0.1) is 11.8 Å². The summed E-state index contributed by atoms with van der Waals surface area (Å²) in [6.45, 7) is 9.57. The van der Waals surface area contributed by atoms with Gasteiger partial charge in [-0.25, -0.2) is 0 Å². The first-order valence-corrected chi connectivity index (χ1v) is 12.5. The van der Waals surface area contributed by atoms with Gasteiger partial charge in [-0.1, -0.05) is 36.4 Å². The van der Waals surface area contributed by atoms with Crippen LogP contribution in [-0.2, 0) is 30.3 Å². The molecule has 0 radical (unpaired) electrons. The molecule has 6 atom stereocenters. The molecule has 1 N–H and O–H groups in total. The molecule has 3 heterocycles. The molecule has 1 aromatic carbocycles. The fourth-order valence-electron chi connectivity index (χ4n) is 6.26. The van der Waals surface area contributed by atoms with E-state index in [1.165, 1.54) is 4.90 Å². The molecule has 0 aromatic heterocycles. The van der Waals surface area contributed by atoms with Crippen molar-refractivity contribution in [3.63, 3.8) is 0 Å². The Balaban J connectivity index is 1.79. The summed E-state index contributed by atoms with van der Waals surface area (Å²) in [5.41, 5.74) is -0.173. The van der Waals surface area contributed by atoms with Gasteiger partial charge in [0.1, 0.15) is 11.6 Å². The Bertz CT molecular complexity index is 966. The van der Waals surface area contributed by atoms with Crippen molar-refractivity contribution < 1.29 is 29.0 Å². The molecule has 0 unspecified atom stereocenters. The Labute approximate surface area is 206 Å². The number of likely N-dealkylation sites (tertiary alicyclic amines) is 1. The Morgan fingerprint density at radius 1 is 1.34 bits per heavy atom. The maximum absolute atomic E-state index is 14.1. The van der Waals surface area contributed by atoms with Crippen LogP contribution in [0.1, 0.15) is 39.2 Å². The summed E-state index contributed by atoms with van der Waals surface area (Å²) in [5.74, 6) is -2.58. The Kier molecular flexibility index (Phi) is 7.33. The number of aliphatic hydroxyl groups is 1. The zero-order chi connectivity index (χ0) is 25.3. The van der Waals surface area contributed by atoms with E-state index in [-0.39, 0.29) is 31.1 Å². The maximum Gasteiger partial charge on any atom is 0.312 e. The molecule has 3 saturated heterocycles. The molecular weight excluding hydrogens is 448 g/mol. The number of esters is 1. The van der Waals surface area contributed by atoms with Gasteiger partial charge in [-0.2, -0.15) is 0 Å². The average molecular weight is 485 g/mol. The quantitative estimate of drug-likeness (QED) is 0.403. The number of aliphatic hydroxyl groups excluding tert-OH is 1. The van der Waals surface area contributed by atoms with Gasteiger partial charge in [0.15, 0.2) is 0 Å². The van der Waals surface area contributed by atoms with E-state index < -0.39 is 41.6 Å². The smallest absolute Gasteiger partial charge is 0.312 e. The summed E-state index contributed by atoms with van der Waals surface area (Å²) in [6.07, 6.45) is 2.67. The number of rotatable bonds is 10. The van der Waals surface area contributed by atoms with Gasteiger partial charge >= 0.3 is 5.97 Å². The minimum absolute atomic E-state index is 0.131. The van der Waals surface area contributed by atoms with Crippen LogP contribution in [-0.4, -0.2) is 82.3 Å². The number of nitrogens with zero attached hydrogens (tertiary/aromatic N) is 2. The zero-order valence-corrected chi connectivity index (χ0v) is 20.8. The van der Waals surface area contributed by atoms with E-state index in [1.807, 2.05) is 44.2 Å². The first kappa shape index (κ1) is 25.4. The van der Waals surface area contributed by atoms with Crippen molar-refractivity contribution in [1.29, 1.82) is 0 Å². The van der Waals surface area contributed by atoms with Gasteiger partial charge in [0.2, 0.25) is 11.8 Å². The fourth-order valence-corrected chi connectivity index (χ4v) is 6.26. The van der Waals surface area contributed by atoms with Gasteiger partial charge in [-0.15, -0.1) is 6.58 Å². The van der Waals surface area contributed by atoms with Crippen LogP contribution >= 0.6 is 0 Å². The maximum atomic E-state index is 14.1. The Morgan fingerprint density at radius 3 is 2.66 bits per heavy atom. The monoisotopic (exact) mass is 484 g/mol. The summed E-state index contributed by atoms with van der Waals surface area (Å²) >= 11 is 0. The van der Waals surface area contributed by atoms with Gasteiger partial charge in [-0.3, -0.25) is 14.4 Å². The van der Waals surface area contributed by atoms with Crippen molar-refractivity contribution in [2.24, 2.45) is 11.8 Å². The molecule has 2 bridgehead atoms. The van der Waals surface area contributed by atoms with Crippen molar-refractivity contribution in [2.45, 2.75) is 69.9 Å². The van der Waals surface area contributed by atoms with Crippen LogP contribution in [0.3, 0.4) is 0 Å². The van der Waals surface area contributed by atoms with Gasteiger partial charge < -0.3 is 24.4 Å². The van der Waals surface area contributed by atoms with E-state index in [9.17, 15) is 19.5 Å². The van der Waals surface area contributed by atoms with Crippen molar-refractivity contribution in [3.8, 4) is 0 Å². The highest BCUT2D eigenvalue weighted by molar-refractivity contribution is 5.98. The topological polar surface area (TPSA) is 96.4 Å². The molecular formula is C27H36N2O6. The number of benzene rings is 1. The lowest BCUT2D eigenvalue weighted by molar-refractivity contribution is -0.156. The molecule has 3 aliphatic rings. The lowest BCUT2D eigenvalue weighted by atomic mass is 9.70. The molecule has 0 saturated carbocycles. The Morgan fingerprint density at radius 2 is 2.06 bits per heavy atom. The van der Waals surface area contributed by atoms with Crippen molar-refractivity contribution in [2.75, 3.05) is 19.8 Å². The third kappa shape index (κ3) is 4.16. The largest absolute Gasteiger partial charge is 0.466 e. The number of hydrogen-bond donors (Lipinski definition) is 1. The van der Waals surface area contributed by atoms with Gasteiger partial charge in [0.05, 0.1) is 37.2 Å². The molecule has 8 nitrogen and oxygen atoms in total. The van der Waals surface area contributed by atoms with Crippen LogP contribution in [0.2, 0.25) is 0 Å². The third-order valence-corrected chi connectivity index (χ3v) is 7.68. The standard InChI is InChI=1S/C27H36N2O6/c1-5-14-28(17(3)4)25(32)23-27-13-12-20(35-27)21(26(33)34-6-2)22(27)24(31)29(23)19(16-30)15-18-10-8-7-9-11-18/h5,7-11,17,19-23,30H,1,6,12-16H2,2-4H3/t19-,20+,21-,22-,23+,27-/m1/s1. The number of carbonyl (C=O) groups is 3. The minimum Gasteiger partial charge on any atom is -0.466 e. The fraction of sp³-hybridized carbons (Fsp3) is 0.593. The first-order valence-electron chi connectivity index (χ1n) is 12.5. The van der Waals surface area contributed by atoms with Gasteiger partial charge in [-0.05, 0) is 45.6 Å². The summed E-state index contributed by atoms with van der Waals surface area (Å²) < 4.78 is 11.8. The van der Waals surface area contributed by atoms with Crippen LogP contribution in [0.25, 0.3) is 0 Å². The van der Waals surface area contributed by atoms with Crippen LogP contribution in [0.15, 0.2) is 43.0 Å². The predicted molar refractivity (Wildman–Crippen MR) is 129 cm³/mol. The molecule has 8 heteroatoms. The second-order valence-electron chi connectivity index (χ2n) is 9.95. The van der Waals surface area contributed by atoms with E-state index in [2.05, 4.69) is 6.58 Å². The number of hydrogen-bond acceptors (Lipinski definition) is 6. The minimum atomic E-state index is -1.12. The molecule has 190 valence electrons. The molecule has 35 heavy (non-hydrogen) atoms. The summed E-state index contributed by atoms with van der Waals surface area (Å²) in [4.78, 5) is 44.4. The van der Waals surface area contributed by atoms with Crippen molar-refractivity contribution >= 4 is 17.8 Å². The summed E-state index contributed by atoms with van der Waals surface area (Å²) in [7, 11) is 0. The van der Waals surface area contributed by atoms with Gasteiger partial charge in [0.25, 0.3) is 0 Å². The summed E-state index contributed by atoms with van der Waals surface area (Å²) in [6, 6.07) is 7.86. The predicted octanol–water partition coefficient (Wildman–Crippen LogP) is 1.95. The molecule has 4 rings (SSSR count). The number of amides is 2. The van der Waals surface area contributed by atoms with E-state index in [4.69, 9.17) is 9.47 Å². The van der Waals surface area contributed by atoms with E-state index >= 15 is 0 Å². The number of carbonyl (C=O) groups excluding carboxylic acids is 3. The highest BCUT2D eigenvalue weighted by Gasteiger charge is 2.75. The van der Waals surface area contributed by atoms with E-state index in [0.717, 1.165) is 5.56 Å². The number of fused-ring (bicyclic) bond motifs is 1. The van der Waals surface area contributed by atoms with Crippen molar-refractivity contribution in [1.82, 2.24) is 9.80 Å². The van der Waals surface area contributed by atoms with Crippen LogP contribution in [0.4, 0.5) is 0 Å². The molecule has 3 fully saturated rings. The lowest BCUT2D eigenvalue weighted by Crippen LogP contribution is -2.60. The second kappa shape index (κ2) is 10.1. The molecule has 1 spiro atoms. The van der Waals surface area contributed by atoms with Crippen LogP contribution < -0.4 is 0 Å². The Hall–Kier alpha value is -2.71. The lowest BCUT2D eigenvalue weighted by Gasteiger charge is -2.40. The van der Waals surface area contributed by atoms with Crippen molar-refractivity contribution in [3.05, 3.63) is 48.6 Å². The third-order valence-electron chi connectivity index (χ3n) is 7.68. The molecule has 0 aliphatic carbocycles. The molecule has 1 aromatic rings. The average Bonchev–Trinajstić information content (AvgIpc) is 3.48. The number of ether oxygens (including phenoxy) is 2. The van der Waals surface area contributed by atoms with E-state index in [1.54, 1.807) is 17.9 Å². The van der Waals surface area contributed by atoms with Gasteiger partial charge in [0, 0.05) is 12.6 Å². The first-order chi connectivity index (χ1) is 16.8. The van der Waals surface area contributed by atoms with Crippen LogP contribution in [0.5, 0.6) is 0 Å². The second-order valence-corrected chi connectivity index (χ2v) is 9.95. The van der Waals surface area contributed by atoms with E-state index in [0.29, 0.717) is 25.8 Å². The highest BCUT2D eigenvalue weighted by atomic mass is 16.6. The summed E-state index contributed by atoms with van der Waals surface area (Å²) in [5, 5.41) is 10.4. The molecule has 3 aliphatic heterocycles. The highest BCUT2D eigenvalue weighted by Crippen LogP contribution is 2.59. The molecule has 2 amide bonds. The zero-order valence-electron chi connectivity index (χ0n) is 20.8. The SMILES string of the molecule is C=CCN(C(=O)[C@@H]1N([C@@H](CO)Cc2ccccc2)C(=O)[C@H]2[C@H](C(=O)OCC)[C@@H]3CC[C@]12O3)C(C)C. The normalized spacial score (nSPS) is 29.9.